The first kappa shape index (κ1) is 37.0. The number of hydrogen-bond acceptors (Lipinski definition) is 3. The van der Waals surface area contributed by atoms with E-state index < -0.39 is 0 Å². The topological polar surface area (TPSA) is 15.7 Å². The van der Waals surface area contributed by atoms with Gasteiger partial charge in [0.2, 0.25) is 0 Å². The number of ether oxygens (including phenoxy) is 1. The molecule has 7 aromatic carbocycles. The van der Waals surface area contributed by atoms with Crippen LogP contribution in [0.4, 0.5) is 28.4 Å². The zero-order chi connectivity index (χ0) is 42.1. The highest BCUT2D eigenvalue weighted by atomic mass is 16.5. The second-order valence-corrected chi connectivity index (χ2v) is 19.4. The van der Waals surface area contributed by atoms with Crippen molar-refractivity contribution in [2.75, 3.05) is 9.80 Å². The van der Waals surface area contributed by atoms with E-state index in [-0.39, 0.29) is 16.2 Å². The lowest BCUT2D eigenvalue weighted by atomic mass is 9.72. The van der Waals surface area contributed by atoms with Gasteiger partial charge in [-0.2, -0.15) is 0 Å². The first-order chi connectivity index (χ1) is 30.0. The van der Waals surface area contributed by atoms with E-state index in [0.717, 1.165) is 28.6 Å². The van der Waals surface area contributed by atoms with Crippen LogP contribution in [0, 0.1) is 5.92 Å². The van der Waals surface area contributed by atoms with Gasteiger partial charge in [0, 0.05) is 28.1 Å². The minimum Gasteiger partial charge on any atom is -0.453 e. The largest absolute Gasteiger partial charge is 0.453 e. The van der Waals surface area contributed by atoms with Crippen LogP contribution in [0.5, 0.6) is 11.5 Å². The number of hydrogen-bond donors (Lipinski definition) is 0. The van der Waals surface area contributed by atoms with E-state index in [9.17, 15) is 0 Å². The Bertz CT molecular complexity index is 3030. The van der Waals surface area contributed by atoms with E-state index >= 15 is 0 Å². The maximum absolute atomic E-state index is 6.33. The van der Waals surface area contributed by atoms with Crippen LogP contribution in [-0.2, 0) is 16.2 Å². The smallest absolute Gasteiger partial charge is 0.151 e. The quantitative estimate of drug-likeness (QED) is 0.165. The lowest BCUT2D eigenvalue weighted by Gasteiger charge is -2.43. The number of nitrogens with zero attached hydrogens (tertiary/aromatic N) is 2. The predicted octanol–water partition coefficient (Wildman–Crippen LogP) is 15.7. The molecule has 0 bridgehead atoms. The molecule has 2 unspecified atom stereocenters. The van der Waals surface area contributed by atoms with E-state index in [0.29, 0.717) is 11.8 Å². The van der Waals surface area contributed by atoms with E-state index in [1.54, 1.807) is 0 Å². The maximum atomic E-state index is 6.33. The van der Waals surface area contributed by atoms with Gasteiger partial charge in [-0.25, -0.2) is 0 Å². The van der Waals surface area contributed by atoms with Crippen LogP contribution in [0.1, 0.15) is 92.0 Å². The van der Waals surface area contributed by atoms with Gasteiger partial charge >= 0.3 is 0 Å². The molecule has 3 nitrogen and oxygen atoms in total. The molecule has 0 spiro atoms. The van der Waals surface area contributed by atoms with Crippen LogP contribution >= 0.6 is 0 Å². The molecule has 5 aliphatic rings. The van der Waals surface area contributed by atoms with Crippen molar-refractivity contribution in [2.45, 2.75) is 63.7 Å². The third-order valence-corrected chi connectivity index (χ3v) is 14.9. The Morgan fingerprint density at radius 3 is 1.65 bits per heavy atom. The second kappa shape index (κ2) is 13.1. The molecule has 0 saturated heterocycles. The molecule has 12 rings (SSSR count). The summed E-state index contributed by atoms with van der Waals surface area (Å²) in [6, 6.07) is 55.7. The summed E-state index contributed by atoms with van der Waals surface area (Å²) in [4.78, 5) is 4.85. The summed E-state index contributed by atoms with van der Waals surface area (Å²) >= 11 is 0. The molecule has 0 aromatic heterocycles. The van der Waals surface area contributed by atoms with Gasteiger partial charge in [-0.3, -0.25) is 0 Å². The molecule has 2 atom stereocenters. The van der Waals surface area contributed by atoms with Crippen LogP contribution in [0.25, 0.3) is 23.3 Å². The molecule has 0 N–H and O–H groups in total. The van der Waals surface area contributed by atoms with E-state index in [4.69, 9.17) is 4.74 Å². The number of allylic oxidation sites excluding steroid dienone is 3. The van der Waals surface area contributed by atoms with Gasteiger partial charge in [-0.1, -0.05) is 169 Å². The number of benzene rings is 7. The lowest BCUT2D eigenvalue weighted by Crippen LogP contribution is -2.34. The summed E-state index contributed by atoms with van der Waals surface area (Å²) in [6.07, 6.45) is 12.0. The monoisotopic (exact) mass is 802 g/mol. The summed E-state index contributed by atoms with van der Waals surface area (Å²) in [5.74, 6) is 2.44. The molecule has 0 radical (unpaired) electrons. The molecule has 62 heavy (non-hydrogen) atoms. The van der Waals surface area contributed by atoms with Crippen molar-refractivity contribution in [3.05, 3.63) is 220 Å². The average molecular weight is 803 g/mol. The Balaban J connectivity index is 0.837. The zero-order valence-electron chi connectivity index (χ0n) is 36.3. The van der Waals surface area contributed by atoms with Crippen LogP contribution in [-0.4, -0.2) is 0 Å². The summed E-state index contributed by atoms with van der Waals surface area (Å²) in [5.41, 5.74) is 20.2. The summed E-state index contributed by atoms with van der Waals surface area (Å²) in [6.45, 7) is 14.3. The maximum Gasteiger partial charge on any atom is 0.151 e. The molecule has 0 fully saturated rings. The van der Waals surface area contributed by atoms with Crippen LogP contribution < -0.4 is 14.5 Å². The summed E-state index contributed by atoms with van der Waals surface area (Å²) in [5, 5.41) is 0. The Hall–Kier alpha value is -6.84. The zero-order valence-corrected chi connectivity index (χ0v) is 36.3. The third-order valence-electron chi connectivity index (χ3n) is 14.9. The number of fused-ring (bicyclic) bond motifs is 10. The van der Waals surface area contributed by atoms with Crippen molar-refractivity contribution in [3.63, 3.8) is 0 Å². The minimum atomic E-state index is -0.168. The Morgan fingerprint density at radius 2 is 1.00 bits per heavy atom. The Labute approximate surface area is 366 Å². The van der Waals surface area contributed by atoms with Gasteiger partial charge < -0.3 is 14.5 Å². The third kappa shape index (κ3) is 5.24. The van der Waals surface area contributed by atoms with Crippen molar-refractivity contribution in [2.24, 2.45) is 5.92 Å². The first-order valence-electron chi connectivity index (χ1n) is 22.2. The van der Waals surface area contributed by atoms with Gasteiger partial charge in [0.15, 0.2) is 11.5 Å². The fraction of sp³-hybridized carbons (Fsp3) is 0.186. The van der Waals surface area contributed by atoms with Crippen LogP contribution in [0.2, 0.25) is 0 Å². The Kier molecular flexibility index (Phi) is 7.80. The standard InChI is InChI=1S/C59H50N2O/c1-57(2)45-15-7-9-17-51(45)60(52-18-10-8-16-46(52)57)39-27-31-43-41-29-25-37(33-47(41)58(3,4)49(43)35-39)23-24-38-26-30-42-44-32-28-40(36-50(44)59(5,6)48(42)34-38)61-53-19-11-13-21-55(53)62-56-22-14-12-20-54(56)61/h7-36,43,49H,1-6H3/b24-23+. The Morgan fingerprint density at radius 1 is 0.484 bits per heavy atom. The van der Waals surface area contributed by atoms with Gasteiger partial charge in [0.05, 0.1) is 22.7 Å². The SMILES string of the molecule is CC1(C)c2cc(/C=C/c3ccc4c(c3)C(C)(C)C3C=C(N5c6ccccc6C(C)(C)c6ccccc65)C=CC43)ccc2-c2ccc(N3c4ccccc4Oc4ccccc43)cc21. The predicted molar refractivity (Wildman–Crippen MR) is 258 cm³/mol. The van der Waals surface area contributed by atoms with Crippen molar-refractivity contribution in [3.8, 4) is 22.6 Å². The molecule has 0 saturated carbocycles. The summed E-state index contributed by atoms with van der Waals surface area (Å²) in [7, 11) is 0. The first-order valence-corrected chi connectivity index (χ1v) is 22.2. The van der Waals surface area contributed by atoms with Gasteiger partial charge in [0.25, 0.3) is 0 Å². The van der Waals surface area contributed by atoms with E-state index in [1.165, 1.54) is 72.7 Å². The molecule has 7 aromatic rings. The highest BCUT2D eigenvalue weighted by Gasteiger charge is 2.46. The number of para-hydroxylation sites is 6. The second-order valence-electron chi connectivity index (χ2n) is 19.4. The van der Waals surface area contributed by atoms with Crippen molar-refractivity contribution < 1.29 is 4.74 Å². The average Bonchev–Trinajstić information content (AvgIpc) is 3.65. The molecule has 0 amide bonds. The highest BCUT2D eigenvalue weighted by molar-refractivity contribution is 5.90. The van der Waals surface area contributed by atoms with Crippen LogP contribution in [0.3, 0.4) is 0 Å². The molecular weight excluding hydrogens is 753 g/mol. The fourth-order valence-corrected chi connectivity index (χ4v) is 11.6. The molecule has 2 aliphatic heterocycles. The van der Waals surface area contributed by atoms with Gasteiger partial charge in [0.1, 0.15) is 0 Å². The van der Waals surface area contributed by atoms with E-state index in [2.05, 4.69) is 221 Å². The molecule has 2 heterocycles. The van der Waals surface area contributed by atoms with Gasteiger partial charge in [-0.15, -0.1) is 0 Å². The van der Waals surface area contributed by atoms with Crippen LogP contribution in [0.15, 0.2) is 176 Å². The van der Waals surface area contributed by atoms with E-state index in [1.807, 2.05) is 12.1 Å². The molecular formula is C59H50N2O. The van der Waals surface area contributed by atoms with Crippen molar-refractivity contribution in [1.29, 1.82) is 0 Å². The molecule has 3 aliphatic carbocycles. The van der Waals surface area contributed by atoms with Gasteiger partial charge in [-0.05, 0) is 122 Å². The molecule has 302 valence electrons. The van der Waals surface area contributed by atoms with Crippen molar-refractivity contribution >= 4 is 40.6 Å². The van der Waals surface area contributed by atoms with Crippen molar-refractivity contribution in [1.82, 2.24) is 0 Å². The lowest BCUT2D eigenvalue weighted by molar-refractivity contribution is 0.392. The summed E-state index contributed by atoms with van der Waals surface area (Å²) < 4.78 is 6.33. The number of rotatable bonds is 4. The molecule has 3 heteroatoms. The fourth-order valence-electron chi connectivity index (χ4n) is 11.6. The highest BCUT2D eigenvalue weighted by Crippen LogP contribution is 2.58. The normalized spacial score (nSPS) is 19.9. The minimum absolute atomic E-state index is 0.0401. The number of anilines is 5.